The molecule has 1 amide bonds. The molecule has 20 heavy (non-hydrogen) atoms. The lowest BCUT2D eigenvalue weighted by Gasteiger charge is -2.24. The van der Waals surface area contributed by atoms with Gasteiger partial charge in [0.25, 0.3) is 0 Å². The van der Waals surface area contributed by atoms with E-state index in [9.17, 15) is 13.6 Å². The molecule has 0 unspecified atom stereocenters. The fraction of sp³-hybridized carbons (Fsp3) is 0.500. The standard InChI is InChI=1S/C14H21F2N3O/c1-4-19(8-12(20)18-9(2)3)11-6-5-10(7-17)13(15)14(11)16/h5-6,9H,4,7-8,17H2,1-3H3,(H,18,20). The van der Waals surface area contributed by atoms with E-state index < -0.39 is 11.6 Å². The van der Waals surface area contributed by atoms with Gasteiger partial charge in [-0.2, -0.15) is 0 Å². The number of carbonyl (C=O) groups excluding carboxylic acids is 1. The van der Waals surface area contributed by atoms with Gasteiger partial charge in [0, 0.05) is 24.7 Å². The van der Waals surface area contributed by atoms with E-state index >= 15 is 0 Å². The molecule has 0 spiro atoms. The smallest absolute Gasteiger partial charge is 0.239 e. The summed E-state index contributed by atoms with van der Waals surface area (Å²) >= 11 is 0. The number of halogens is 2. The minimum absolute atomic E-state index is 0.00223. The molecule has 4 nitrogen and oxygen atoms in total. The van der Waals surface area contributed by atoms with Gasteiger partial charge in [-0.1, -0.05) is 6.07 Å². The van der Waals surface area contributed by atoms with E-state index in [2.05, 4.69) is 5.32 Å². The van der Waals surface area contributed by atoms with E-state index in [-0.39, 0.29) is 36.3 Å². The van der Waals surface area contributed by atoms with E-state index in [1.165, 1.54) is 17.0 Å². The number of benzene rings is 1. The van der Waals surface area contributed by atoms with Gasteiger partial charge in [-0.05, 0) is 26.8 Å². The molecule has 0 aliphatic rings. The van der Waals surface area contributed by atoms with Gasteiger partial charge in [0.1, 0.15) is 0 Å². The second-order valence-corrected chi connectivity index (χ2v) is 4.81. The molecule has 112 valence electrons. The van der Waals surface area contributed by atoms with Crippen LogP contribution in [0.25, 0.3) is 0 Å². The first-order valence-corrected chi connectivity index (χ1v) is 6.61. The summed E-state index contributed by atoms with van der Waals surface area (Å²) in [4.78, 5) is 13.2. The SMILES string of the molecule is CCN(CC(=O)NC(C)C)c1ccc(CN)c(F)c1F. The third kappa shape index (κ3) is 3.90. The van der Waals surface area contributed by atoms with Crippen LogP contribution in [0.3, 0.4) is 0 Å². The normalized spacial score (nSPS) is 10.8. The van der Waals surface area contributed by atoms with Gasteiger partial charge in [0.2, 0.25) is 5.91 Å². The fourth-order valence-corrected chi connectivity index (χ4v) is 1.89. The number of nitrogens with zero attached hydrogens (tertiary/aromatic N) is 1. The largest absolute Gasteiger partial charge is 0.360 e. The van der Waals surface area contributed by atoms with Gasteiger partial charge in [0.05, 0.1) is 12.2 Å². The van der Waals surface area contributed by atoms with E-state index in [4.69, 9.17) is 5.73 Å². The van der Waals surface area contributed by atoms with Crippen LogP contribution in [-0.2, 0) is 11.3 Å². The minimum atomic E-state index is -0.966. The molecule has 0 saturated heterocycles. The number of amides is 1. The molecule has 6 heteroatoms. The first-order chi connectivity index (χ1) is 9.40. The molecule has 0 heterocycles. The molecule has 0 radical (unpaired) electrons. The van der Waals surface area contributed by atoms with Crippen LogP contribution in [0.2, 0.25) is 0 Å². The molecule has 0 fully saturated rings. The monoisotopic (exact) mass is 285 g/mol. The number of likely N-dealkylation sites (N-methyl/N-ethyl adjacent to an activating group) is 1. The van der Waals surface area contributed by atoms with E-state index in [1.54, 1.807) is 6.92 Å². The average molecular weight is 285 g/mol. The lowest BCUT2D eigenvalue weighted by atomic mass is 10.1. The lowest BCUT2D eigenvalue weighted by Crippen LogP contribution is -2.40. The quantitative estimate of drug-likeness (QED) is 0.837. The Morgan fingerprint density at radius 3 is 2.50 bits per heavy atom. The van der Waals surface area contributed by atoms with Crippen LogP contribution in [0, 0.1) is 11.6 Å². The fourth-order valence-electron chi connectivity index (χ4n) is 1.89. The zero-order valence-corrected chi connectivity index (χ0v) is 12.0. The zero-order valence-electron chi connectivity index (χ0n) is 12.0. The molecule has 0 bridgehead atoms. The maximum atomic E-state index is 14.0. The number of nitrogens with two attached hydrogens (primary N) is 1. The summed E-state index contributed by atoms with van der Waals surface area (Å²) in [6.07, 6.45) is 0. The third-order valence-electron chi connectivity index (χ3n) is 2.87. The number of nitrogens with one attached hydrogen (secondary N) is 1. The molecule has 0 saturated carbocycles. The summed E-state index contributed by atoms with van der Waals surface area (Å²) in [5.41, 5.74) is 5.52. The van der Waals surface area contributed by atoms with Crippen molar-refractivity contribution in [3.8, 4) is 0 Å². The van der Waals surface area contributed by atoms with Crippen molar-refractivity contribution in [2.45, 2.75) is 33.4 Å². The number of hydrogen-bond acceptors (Lipinski definition) is 3. The Balaban J connectivity index is 2.96. The zero-order chi connectivity index (χ0) is 15.3. The van der Waals surface area contributed by atoms with Crippen molar-refractivity contribution in [2.75, 3.05) is 18.0 Å². The second-order valence-electron chi connectivity index (χ2n) is 4.81. The molecule has 0 aliphatic heterocycles. The summed E-state index contributed by atoms with van der Waals surface area (Å²) in [5, 5.41) is 2.72. The molecule has 3 N–H and O–H groups in total. The van der Waals surface area contributed by atoms with Crippen molar-refractivity contribution in [1.29, 1.82) is 0 Å². The van der Waals surface area contributed by atoms with Gasteiger partial charge in [-0.3, -0.25) is 4.79 Å². The highest BCUT2D eigenvalue weighted by Gasteiger charge is 2.18. The second kappa shape index (κ2) is 7.19. The Morgan fingerprint density at radius 1 is 1.35 bits per heavy atom. The van der Waals surface area contributed by atoms with Gasteiger partial charge < -0.3 is 16.0 Å². The van der Waals surface area contributed by atoms with Crippen LogP contribution in [-0.4, -0.2) is 25.0 Å². The summed E-state index contributed by atoms with van der Waals surface area (Å²) in [6, 6.07) is 2.89. The first-order valence-electron chi connectivity index (χ1n) is 6.61. The Morgan fingerprint density at radius 2 is 2.00 bits per heavy atom. The van der Waals surface area contributed by atoms with Gasteiger partial charge >= 0.3 is 0 Å². The minimum Gasteiger partial charge on any atom is -0.360 e. The van der Waals surface area contributed by atoms with Crippen molar-refractivity contribution < 1.29 is 13.6 Å². The molecular weight excluding hydrogens is 264 g/mol. The van der Waals surface area contributed by atoms with Crippen molar-refractivity contribution in [1.82, 2.24) is 5.32 Å². The molecule has 1 rings (SSSR count). The topological polar surface area (TPSA) is 58.4 Å². The van der Waals surface area contributed by atoms with Crippen molar-refractivity contribution in [3.63, 3.8) is 0 Å². The average Bonchev–Trinajstić information content (AvgIpc) is 2.38. The Bertz CT molecular complexity index is 478. The van der Waals surface area contributed by atoms with Crippen LogP contribution in [0.4, 0.5) is 14.5 Å². The van der Waals surface area contributed by atoms with Gasteiger partial charge in [-0.15, -0.1) is 0 Å². The van der Waals surface area contributed by atoms with Crippen molar-refractivity contribution >= 4 is 11.6 Å². The highest BCUT2D eigenvalue weighted by atomic mass is 19.2. The highest BCUT2D eigenvalue weighted by Crippen LogP contribution is 2.23. The Kier molecular flexibility index (Phi) is 5.88. The predicted octanol–water partition coefficient (Wildman–Crippen LogP) is 1.77. The molecule has 0 atom stereocenters. The summed E-state index contributed by atoms with van der Waals surface area (Å²) in [7, 11) is 0. The maximum Gasteiger partial charge on any atom is 0.239 e. The third-order valence-corrected chi connectivity index (χ3v) is 2.87. The van der Waals surface area contributed by atoms with Crippen LogP contribution >= 0.6 is 0 Å². The number of rotatable bonds is 6. The summed E-state index contributed by atoms with van der Waals surface area (Å²) < 4.78 is 27.7. The van der Waals surface area contributed by atoms with Crippen LogP contribution < -0.4 is 16.0 Å². The molecule has 0 aromatic heterocycles. The maximum absolute atomic E-state index is 14.0. The molecular formula is C14H21F2N3O. The van der Waals surface area contributed by atoms with E-state index in [1.807, 2.05) is 13.8 Å². The Hall–Kier alpha value is -1.69. The number of hydrogen-bond donors (Lipinski definition) is 2. The van der Waals surface area contributed by atoms with Crippen molar-refractivity contribution in [2.24, 2.45) is 5.73 Å². The summed E-state index contributed by atoms with van der Waals surface area (Å²) in [5.74, 6) is -2.15. The lowest BCUT2D eigenvalue weighted by molar-refractivity contribution is -0.120. The Labute approximate surface area is 117 Å². The molecule has 0 aliphatic carbocycles. The van der Waals surface area contributed by atoms with E-state index in [0.717, 1.165) is 0 Å². The summed E-state index contributed by atoms with van der Waals surface area (Å²) in [6.45, 7) is 5.76. The molecule has 1 aromatic rings. The number of carbonyl (C=O) groups is 1. The predicted molar refractivity (Wildman–Crippen MR) is 75.4 cm³/mol. The van der Waals surface area contributed by atoms with E-state index in [0.29, 0.717) is 6.54 Å². The van der Waals surface area contributed by atoms with Crippen LogP contribution in [0.1, 0.15) is 26.3 Å². The molecule has 1 aromatic carbocycles. The first kappa shape index (κ1) is 16.4. The number of anilines is 1. The van der Waals surface area contributed by atoms with Crippen LogP contribution in [0.5, 0.6) is 0 Å². The van der Waals surface area contributed by atoms with Gasteiger partial charge in [0.15, 0.2) is 11.6 Å². The van der Waals surface area contributed by atoms with Crippen molar-refractivity contribution in [3.05, 3.63) is 29.3 Å². The van der Waals surface area contributed by atoms with Gasteiger partial charge in [-0.25, -0.2) is 8.78 Å². The highest BCUT2D eigenvalue weighted by molar-refractivity contribution is 5.81. The van der Waals surface area contributed by atoms with Crippen LogP contribution in [0.15, 0.2) is 12.1 Å².